The van der Waals surface area contributed by atoms with Gasteiger partial charge in [-0.05, 0) is 56.0 Å². The zero-order valence-electron chi connectivity index (χ0n) is 16.6. The fraction of sp³-hybridized carbons (Fsp3) is 0.292. The molecule has 2 aromatic carbocycles. The number of aromatic nitrogens is 3. The highest BCUT2D eigenvalue weighted by molar-refractivity contribution is 7.21. The number of aromatic amines is 1. The summed E-state index contributed by atoms with van der Waals surface area (Å²) in [5, 5.41) is 4.35. The van der Waals surface area contributed by atoms with Gasteiger partial charge >= 0.3 is 0 Å². The molecule has 5 nitrogen and oxygen atoms in total. The maximum Gasteiger partial charge on any atom is 0.255 e. The van der Waals surface area contributed by atoms with E-state index in [0.29, 0.717) is 6.54 Å². The number of benzene rings is 2. The van der Waals surface area contributed by atoms with Gasteiger partial charge in [0.25, 0.3) is 5.56 Å². The van der Waals surface area contributed by atoms with Gasteiger partial charge in [-0.2, -0.15) is 0 Å². The van der Waals surface area contributed by atoms with Crippen LogP contribution in [0.1, 0.15) is 41.9 Å². The predicted octanol–water partition coefficient (Wildman–Crippen LogP) is 4.16. The van der Waals surface area contributed by atoms with Crippen molar-refractivity contribution in [2.45, 2.75) is 37.6 Å². The summed E-state index contributed by atoms with van der Waals surface area (Å²) in [7, 11) is 0. The van der Waals surface area contributed by atoms with Gasteiger partial charge in [-0.25, -0.2) is 9.97 Å². The highest BCUT2D eigenvalue weighted by Gasteiger charge is 2.48. The van der Waals surface area contributed by atoms with E-state index in [0.717, 1.165) is 65.4 Å². The summed E-state index contributed by atoms with van der Waals surface area (Å²) >= 11 is 1.72. The third kappa shape index (κ3) is 2.90. The first kappa shape index (κ1) is 18.0. The molecular formula is C24H22N4OS. The van der Waals surface area contributed by atoms with Crippen molar-refractivity contribution in [1.29, 1.82) is 0 Å². The molecule has 0 unspecified atom stereocenters. The summed E-state index contributed by atoms with van der Waals surface area (Å²) in [5.41, 5.74) is 4.98. The minimum Gasteiger partial charge on any atom is -0.312 e. The fourth-order valence-corrected chi connectivity index (χ4v) is 5.45. The maximum atomic E-state index is 12.8. The van der Waals surface area contributed by atoms with Gasteiger partial charge in [-0.1, -0.05) is 30.3 Å². The summed E-state index contributed by atoms with van der Waals surface area (Å²) in [4.78, 5) is 25.7. The average Bonchev–Trinajstić information content (AvgIpc) is 3.52. The molecule has 1 saturated carbocycles. The molecule has 0 amide bonds. The molecule has 150 valence electrons. The Hall–Kier alpha value is -2.83. The zero-order valence-corrected chi connectivity index (χ0v) is 17.4. The molecule has 3 heterocycles. The van der Waals surface area contributed by atoms with Gasteiger partial charge in [0.05, 0.1) is 26.9 Å². The number of rotatable bonds is 3. The lowest BCUT2D eigenvalue weighted by Crippen LogP contribution is -2.26. The van der Waals surface area contributed by atoms with Gasteiger partial charge in [0.2, 0.25) is 0 Å². The van der Waals surface area contributed by atoms with Crippen molar-refractivity contribution < 1.29 is 0 Å². The maximum absolute atomic E-state index is 12.8. The molecule has 2 N–H and O–H groups in total. The quantitative estimate of drug-likeness (QED) is 0.528. The van der Waals surface area contributed by atoms with Gasteiger partial charge in [-0.3, -0.25) is 4.79 Å². The number of aryl methyl sites for hydroxylation is 1. The van der Waals surface area contributed by atoms with E-state index in [4.69, 9.17) is 9.97 Å². The largest absolute Gasteiger partial charge is 0.312 e. The topological polar surface area (TPSA) is 70.7 Å². The van der Waals surface area contributed by atoms with E-state index in [9.17, 15) is 4.79 Å². The summed E-state index contributed by atoms with van der Waals surface area (Å²) < 4.78 is 1.20. The van der Waals surface area contributed by atoms with Crippen LogP contribution < -0.4 is 10.9 Å². The molecule has 1 fully saturated rings. The molecule has 6 rings (SSSR count). The van der Waals surface area contributed by atoms with Crippen molar-refractivity contribution in [2.75, 3.05) is 6.54 Å². The van der Waals surface area contributed by atoms with Gasteiger partial charge in [0.1, 0.15) is 10.8 Å². The van der Waals surface area contributed by atoms with Gasteiger partial charge in [0.15, 0.2) is 0 Å². The first-order chi connectivity index (χ1) is 14.7. The first-order valence-electron chi connectivity index (χ1n) is 10.5. The van der Waals surface area contributed by atoms with Gasteiger partial charge < -0.3 is 10.3 Å². The third-order valence-corrected chi connectivity index (χ3v) is 7.41. The smallest absolute Gasteiger partial charge is 0.255 e. The summed E-state index contributed by atoms with van der Waals surface area (Å²) in [6, 6.07) is 16.9. The molecule has 0 saturated heterocycles. The number of H-pyrrole nitrogens is 1. The Morgan fingerprint density at radius 3 is 2.80 bits per heavy atom. The normalized spacial score (nSPS) is 17.5. The second-order valence-corrected chi connectivity index (χ2v) is 9.30. The first-order valence-corrected chi connectivity index (χ1v) is 11.3. The van der Waals surface area contributed by atoms with E-state index in [1.54, 1.807) is 11.3 Å². The van der Waals surface area contributed by atoms with Crippen LogP contribution >= 0.6 is 11.3 Å². The molecule has 2 aromatic heterocycles. The summed E-state index contributed by atoms with van der Waals surface area (Å²) in [6.07, 6.45) is 3.90. The van der Waals surface area contributed by atoms with Crippen molar-refractivity contribution in [3.8, 4) is 10.6 Å². The molecule has 1 aliphatic carbocycles. The van der Waals surface area contributed by atoms with E-state index in [-0.39, 0.29) is 11.0 Å². The van der Waals surface area contributed by atoms with Gasteiger partial charge in [0, 0.05) is 12.1 Å². The zero-order chi connectivity index (χ0) is 20.1. The lowest BCUT2D eigenvalue weighted by atomic mass is 9.93. The Morgan fingerprint density at radius 1 is 1.03 bits per heavy atom. The lowest BCUT2D eigenvalue weighted by molar-refractivity contribution is 0.678. The number of hydrogen-bond donors (Lipinski definition) is 2. The summed E-state index contributed by atoms with van der Waals surface area (Å²) in [6.45, 7) is 1.54. The Morgan fingerprint density at radius 2 is 1.93 bits per heavy atom. The van der Waals surface area contributed by atoms with Crippen molar-refractivity contribution in [3.63, 3.8) is 0 Å². The minimum absolute atomic E-state index is 0.0120. The average molecular weight is 415 g/mol. The summed E-state index contributed by atoms with van der Waals surface area (Å²) in [5.74, 6) is 0.828. The standard InChI is InChI=1S/C24H22N4OS/c29-21-17-14-25-12-4-8-18(17)27-23(28-21)24(10-11-24)16-6-3-5-15(13-16)22-26-19-7-1-2-9-20(19)30-22/h1-3,5-7,9,13,25H,4,8,10-12,14H2,(H,27,28,29). The van der Waals surface area contributed by atoms with Crippen molar-refractivity contribution in [2.24, 2.45) is 0 Å². The number of hydrogen-bond acceptors (Lipinski definition) is 5. The highest BCUT2D eigenvalue weighted by atomic mass is 32.1. The van der Waals surface area contributed by atoms with E-state index in [1.165, 1.54) is 10.3 Å². The third-order valence-electron chi connectivity index (χ3n) is 6.33. The predicted molar refractivity (Wildman–Crippen MR) is 120 cm³/mol. The molecule has 0 bridgehead atoms. The van der Waals surface area contributed by atoms with E-state index in [2.05, 4.69) is 52.8 Å². The molecule has 6 heteroatoms. The number of nitrogens with one attached hydrogen (secondary N) is 2. The Kier molecular flexibility index (Phi) is 4.11. The molecule has 0 radical (unpaired) electrons. The van der Waals surface area contributed by atoms with E-state index < -0.39 is 0 Å². The van der Waals surface area contributed by atoms with Crippen LogP contribution in [-0.2, 0) is 18.4 Å². The fourth-order valence-electron chi connectivity index (χ4n) is 4.49. The van der Waals surface area contributed by atoms with Crippen molar-refractivity contribution in [3.05, 3.63) is 81.5 Å². The molecule has 30 heavy (non-hydrogen) atoms. The van der Waals surface area contributed by atoms with Crippen LogP contribution in [0.25, 0.3) is 20.8 Å². The van der Waals surface area contributed by atoms with Crippen LogP contribution in [0.3, 0.4) is 0 Å². The van der Waals surface area contributed by atoms with Crippen LogP contribution in [0.4, 0.5) is 0 Å². The molecule has 1 aliphatic heterocycles. The van der Waals surface area contributed by atoms with E-state index >= 15 is 0 Å². The second kappa shape index (κ2) is 6.86. The van der Waals surface area contributed by atoms with Crippen LogP contribution in [0.2, 0.25) is 0 Å². The Balaban J connectivity index is 1.42. The molecule has 2 aliphatic rings. The number of para-hydroxylation sites is 1. The number of nitrogens with zero attached hydrogens (tertiary/aromatic N) is 2. The Bertz CT molecular complexity index is 1290. The molecular weight excluding hydrogens is 392 g/mol. The monoisotopic (exact) mass is 414 g/mol. The van der Waals surface area contributed by atoms with Crippen LogP contribution in [-0.4, -0.2) is 21.5 Å². The molecule has 0 atom stereocenters. The number of fused-ring (bicyclic) bond motifs is 2. The van der Waals surface area contributed by atoms with Crippen LogP contribution in [0.5, 0.6) is 0 Å². The number of thiazole rings is 1. The highest BCUT2D eigenvalue weighted by Crippen LogP contribution is 2.52. The van der Waals surface area contributed by atoms with E-state index in [1.807, 2.05) is 6.07 Å². The molecule has 0 spiro atoms. The minimum atomic E-state index is -0.180. The lowest BCUT2D eigenvalue weighted by Gasteiger charge is -2.17. The van der Waals surface area contributed by atoms with Crippen LogP contribution in [0, 0.1) is 0 Å². The van der Waals surface area contributed by atoms with Crippen molar-refractivity contribution >= 4 is 21.6 Å². The van der Waals surface area contributed by atoms with Gasteiger partial charge in [-0.15, -0.1) is 11.3 Å². The SMILES string of the molecule is O=c1[nH]c(C2(c3cccc(-c4nc5ccccc5s4)c3)CC2)nc2c1CNCCC2. The Labute approximate surface area is 178 Å². The van der Waals surface area contributed by atoms with Crippen LogP contribution in [0.15, 0.2) is 53.3 Å². The van der Waals surface area contributed by atoms with Crippen molar-refractivity contribution in [1.82, 2.24) is 20.3 Å². The second-order valence-electron chi connectivity index (χ2n) is 8.27. The molecule has 4 aromatic rings.